The maximum Gasteiger partial charge on any atom is 0.268 e. The van der Waals surface area contributed by atoms with Crippen molar-refractivity contribution < 1.29 is 19.1 Å². The van der Waals surface area contributed by atoms with E-state index in [2.05, 4.69) is 64.2 Å². The molecule has 1 unspecified atom stereocenters. The van der Waals surface area contributed by atoms with Gasteiger partial charge >= 0.3 is 0 Å². The number of amides is 3. The minimum atomic E-state index is -0.852. The highest BCUT2D eigenvalue weighted by Crippen LogP contribution is 2.26. The monoisotopic (exact) mass is 603 g/mol. The van der Waals surface area contributed by atoms with Crippen LogP contribution in [0.25, 0.3) is 10.9 Å². The Balaban J connectivity index is 1.50. The van der Waals surface area contributed by atoms with E-state index in [-0.39, 0.29) is 23.2 Å². The van der Waals surface area contributed by atoms with Crippen molar-refractivity contribution in [2.24, 2.45) is 22.2 Å². The molecular weight excluding hydrogens is 558 g/mol. The number of hydrogen-bond donors (Lipinski definition) is 5. The molecule has 11 heteroatoms. The Labute approximate surface area is 259 Å². The molecule has 1 fully saturated rings. The molecule has 4 atom stereocenters. The molecule has 1 aromatic heterocycles. The fraction of sp³-hybridized carbons (Fsp3) is 0.545. The maximum atomic E-state index is 13.8. The number of nitrogens with one attached hydrogen (secondary N) is 5. The number of fused-ring (bicyclic) bond motifs is 1. The van der Waals surface area contributed by atoms with Crippen molar-refractivity contribution in [2.75, 3.05) is 26.7 Å². The lowest BCUT2D eigenvalue weighted by atomic mass is 9.90. The largest absolute Gasteiger partial charge is 0.496 e. The zero-order valence-corrected chi connectivity index (χ0v) is 26.5. The van der Waals surface area contributed by atoms with E-state index >= 15 is 0 Å². The van der Waals surface area contributed by atoms with Crippen LogP contribution in [-0.2, 0) is 9.59 Å². The molecule has 44 heavy (non-hydrogen) atoms. The quantitative estimate of drug-likeness (QED) is 0.236. The second kappa shape index (κ2) is 14.1. The van der Waals surface area contributed by atoms with E-state index in [1.54, 1.807) is 13.2 Å². The summed E-state index contributed by atoms with van der Waals surface area (Å²) in [6.45, 7) is 11.8. The van der Waals surface area contributed by atoms with Gasteiger partial charge in [-0.05, 0) is 55.0 Å². The van der Waals surface area contributed by atoms with Gasteiger partial charge in [-0.15, -0.1) is 0 Å². The van der Waals surface area contributed by atoms with Crippen LogP contribution in [0.2, 0.25) is 0 Å². The van der Waals surface area contributed by atoms with E-state index < -0.39 is 29.9 Å². The van der Waals surface area contributed by atoms with Crippen LogP contribution in [0.3, 0.4) is 0 Å². The number of carbonyl (C=O) groups is 3. The van der Waals surface area contributed by atoms with Crippen LogP contribution < -0.4 is 26.0 Å². The smallest absolute Gasteiger partial charge is 0.268 e. The van der Waals surface area contributed by atoms with Crippen LogP contribution in [0.4, 0.5) is 0 Å². The third-order valence-electron chi connectivity index (χ3n) is 8.10. The van der Waals surface area contributed by atoms with Gasteiger partial charge in [0, 0.05) is 41.0 Å². The first-order chi connectivity index (χ1) is 20.9. The van der Waals surface area contributed by atoms with Crippen molar-refractivity contribution in [3.8, 4) is 11.8 Å². The highest BCUT2D eigenvalue weighted by atomic mass is 16.5. The molecule has 3 amide bonds. The van der Waals surface area contributed by atoms with Crippen LogP contribution in [0.15, 0.2) is 40.9 Å². The molecule has 236 valence electrons. The normalized spacial score (nSPS) is 18.7. The molecule has 0 radical (unpaired) electrons. The summed E-state index contributed by atoms with van der Waals surface area (Å²) in [5.74, 6) is -0.483. The van der Waals surface area contributed by atoms with Crippen LogP contribution in [0, 0.1) is 28.6 Å². The lowest BCUT2D eigenvalue weighted by Crippen LogP contribution is -2.56. The number of methoxy groups -OCH3 is 1. The molecule has 2 aromatic rings. The number of nitrogens with zero attached hydrogens (tertiary/aromatic N) is 2. The summed E-state index contributed by atoms with van der Waals surface area (Å²) in [7, 11) is 1.57. The Bertz CT molecular complexity index is 1480. The van der Waals surface area contributed by atoms with Crippen LogP contribution >= 0.6 is 0 Å². The number of aromatic amines is 1. The zero-order valence-electron chi connectivity index (χ0n) is 26.5. The predicted molar refractivity (Wildman–Crippen MR) is 170 cm³/mol. The van der Waals surface area contributed by atoms with Gasteiger partial charge in [0.1, 0.15) is 23.5 Å². The standard InChI is InChI=1S/C33H45N7O4/c1-19(2)12-25(40-32(43)26-15-22-23(38-26)8-7-9-28(22)44-6)31(42)39-24(14-21-10-11-35-30(21)41)27(16-34)36-17-20-13-29(37-18-20)33(3,4)5/h7-9,13,15,19,21,24-25,27,36,38H,10-12,14,17-18H2,1-6H3,(H,35,41)(H,39,42)(H,40,43)/t21-,24-,25-,27?/m0/s1. The van der Waals surface area contributed by atoms with Gasteiger partial charge in [0.15, 0.2) is 0 Å². The molecule has 2 aliphatic rings. The van der Waals surface area contributed by atoms with Crippen LogP contribution in [0.1, 0.15) is 64.4 Å². The number of H-pyrrole nitrogens is 1. The zero-order chi connectivity index (χ0) is 32.0. The molecule has 11 nitrogen and oxygen atoms in total. The third-order valence-corrected chi connectivity index (χ3v) is 8.10. The number of allylic oxidation sites excluding steroid dienone is 1. The fourth-order valence-corrected chi connectivity index (χ4v) is 5.66. The Kier molecular flexibility index (Phi) is 10.5. The van der Waals surface area contributed by atoms with Gasteiger partial charge in [0.05, 0.1) is 25.8 Å². The topological polar surface area (TPSA) is 160 Å². The SMILES string of the molecule is COc1cccc2[nH]c(C(=O)N[C@@H](CC(C)C)C(=O)N[C@@H](C[C@@H]3CCNC3=O)C(C#N)NCC3=CC(C(C)(C)C)=NC3)cc12. The van der Waals surface area contributed by atoms with E-state index in [1.807, 2.05) is 32.0 Å². The van der Waals surface area contributed by atoms with Crippen LogP contribution in [0.5, 0.6) is 5.75 Å². The van der Waals surface area contributed by atoms with Gasteiger partial charge < -0.3 is 25.7 Å². The first-order valence-electron chi connectivity index (χ1n) is 15.3. The second-order valence-corrected chi connectivity index (χ2v) is 13.1. The average molecular weight is 604 g/mol. The molecule has 1 saturated heterocycles. The minimum absolute atomic E-state index is 0.0719. The van der Waals surface area contributed by atoms with E-state index in [4.69, 9.17) is 4.74 Å². The predicted octanol–water partition coefficient (Wildman–Crippen LogP) is 3.24. The molecule has 1 aromatic carbocycles. The van der Waals surface area contributed by atoms with E-state index in [9.17, 15) is 19.6 Å². The van der Waals surface area contributed by atoms with Crippen molar-refractivity contribution in [1.29, 1.82) is 5.26 Å². The van der Waals surface area contributed by atoms with Gasteiger partial charge in [-0.3, -0.25) is 24.7 Å². The number of aliphatic imine (C=N–C) groups is 1. The van der Waals surface area contributed by atoms with Gasteiger partial charge in [-0.25, -0.2) is 0 Å². The van der Waals surface area contributed by atoms with E-state index in [0.717, 1.165) is 22.2 Å². The van der Waals surface area contributed by atoms with Gasteiger partial charge in [-0.1, -0.05) is 40.7 Å². The number of nitriles is 1. The molecule has 3 heterocycles. The van der Waals surface area contributed by atoms with Crippen molar-refractivity contribution in [3.63, 3.8) is 0 Å². The first-order valence-corrected chi connectivity index (χ1v) is 15.3. The van der Waals surface area contributed by atoms with Crippen molar-refractivity contribution in [3.05, 3.63) is 41.6 Å². The van der Waals surface area contributed by atoms with Gasteiger partial charge in [0.25, 0.3) is 5.91 Å². The average Bonchev–Trinajstić information content (AvgIpc) is 3.72. The summed E-state index contributed by atoms with van der Waals surface area (Å²) in [5, 5.41) is 23.0. The number of carbonyl (C=O) groups excluding carboxylic acids is 3. The lowest BCUT2D eigenvalue weighted by molar-refractivity contribution is -0.126. The Morgan fingerprint density at radius 1 is 1.23 bits per heavy atom. The minimum Gasteiger partial charge on any atom is -0.496 e. The molecule has 4 rings (SSSR count). The molecule has 0 aliphatic carbocycles. The van der Waals surface area contributed by atoms with Crippen molar-refractivity contribution in [2.45, 2.75) is 72.0 Å². The van der Waals surface area contributed by atoms with Gasteiger partial charge in [0.2, 0.25) is 11.8 Å². The van der Waals surface area contributed by atoms with Gasteiger partial charge in [-0.2, -0.15) is 5.26 Å². The summed E-state index contributed by atoms with van der Waals surface area (Å²) in [6, 6.07) is 7.24. The molecule has 0 spiro atoms. The number of hydrogen-bond acceptors (Lipinski definition) is 7. The van der Waals surface area contributed by atoms with E-state index in [1.165, 1.54) is 0 Å². The summed E-state index contributed by atoms with van der Waals surface area (Å²) in [6.07, 6.45) is 3.39. The number of rotatable bonds is 13. The summed E-state index contributed by atoms with van der Waals surface area (Å²) in [4.78, 5) is 47.4. The molecule has 0 bridgehead atoms. The molecule has 5 N–H and O–H groups in total. The van der Waals surface area contributed by atoms with Crippen LogP contribution in [-0.4, -0.2) is 73.3 Å². The Morgan fingerprint density at radius 3 is 2.61 bits per heavy atom. The molecular formula is C33H45N7O4. The number of benzene rings is 1. The third kappa shape index (κ3) is 8.05. The van der Waals surface area contributed by atoms with Crippen molar-refractivity contribution in [1.82, 2.24) is 26.3 Å². The molecule has 0 saturated carbocycles. The maximum absolute atomic E-state index is 13.8. The lowest BCUT2D eigenvalue weighted by Gasteiger charge is -2.29. The summed E-state index contributed by atoms with van der Waals surface area (Å²) < 4.78 is 5.42. The summed E-state index contributed by atoms with van der Waals surface area (Å²) in [5.41, 5.74) is 3.05. The highest BCUT2D eigenvalue weighted by Gasteiger charge is 2.34. The number of ether oxygens (including phenoxy) is 1. The number of aromatic nitrogens is 1. The Morgan fingerprint density at radius 2 is 2.00 bits per heavy atom. The summed E-state index contributed by atoms with van der Waals surface area (Å²) >= 11 is 0. The first kappa shape index (κ1) is 32.7. The molecule has 2 aliphatic heterocycles. The second-order valence-electron chi connectivity index (χ2n) is 13.1. The van der Waals surface area contributed by atoms with E-state index in [0.29, 0.717) is 50.3 Å². The Hall–Kier alpha value is -4.17. The fourth-order valence-electron chi connectivity index (χ4n) is 5.66. The highest BCUT2D eigenvalue weighted by molar-refractivity contribution is 6.02. The van der Waals surface area contributed by atoms with Crippen molar-refractivity contribution >= 4 is 34.3 Å².